The Morgan fingerprint density at radius 3 is 2.16 bits per heavy atom. The van der Waals surface area contributed by atoms with Gasteiger partial charge in [0, 0.05) is 35.8 Å². The first-order chi connectivity index (χ1) is 17.6. The van der Waals surface area contributed by atoms with Gasteiger partial charge in [-0.3, -0.25) is 0 Å². The highest BCUT2D eigenvalue weighted by atomic mass is 32.2. The summed E-state index contributed by atoms with van der Waals surface area (Å²) in [6.07, 6.45) is -1.13. The van der Waals surface area contributed by atoms with Crippen LogP contribution in [-0.2, 0) is 29.3 Å². The van der Waals surface area contributed by atoms with Crippen molar-refractivity contribution in [1.82, 2.24) is 9.29 Å². The molecule has 1 fully saturated rings. The molecule has 12 heteroatoms. The third kappa shape index (κ3) is 6.88. The van der Waals surface area contributed by atoms with Crippen molar-refractivity contribution in [2.75, 3.05) is 6.93 Å². The predicted molar refractivity (Wildman–Crippen MR) is 132 cm³/mol. The molecule has 1 aliphatic carbocycles. The van der Waals surface area contributed by atoms with E-state index < -0.39 is 51.1 Å². The quantitative estimate of drug-likeness (QED) is 0.314. The van der Waals surface area contributed by atoms with Gasteiger partial charge in [-0.2, -0.15) is 13.2 Å². The fourth-order valence-electron chi connectivity index (χ4n) is 4.34. The maximum atomic E-state index is 15.3. The lowest BCUT2D eigenvalue weighted by atomic mass is 9.96. The van der Waals surface area contributed by atoms with E-state index in [0.717, 1.165) is 24.6 Å². The SMILES string of the molecule is CC(C)(C)Cn1cc(CNS(=O)(=O)C2CCC2)c2cc(F)c(-c3ccc(F)cc3C(F)(F)F)cc21.FCF. The average molecular weight is 567 g/mol. The molecule has 0 radical (unpaired) electrons. The van der Waals surface area contributed by atoms with E-state index in [4.69, 9.17) is 0 Å². The maximum Gasteiger partial charge on any atom is 0.417 e. The molecule has 38 heavy (non-hydrogen) atoms. The van der Waals surface area contributed by atoms with Gasteiger partial charge in [-0.25, -0.2) is 30.7 Å². The van der Waals surface area contributed by atoms with Gasteiger partial charge in [0.25, 0.3) is 0 Å². The molecule has 1 aromatic heterocycles. The van der Waals surface area contributed by atoms with Crippen LogP contribution in [0.25, 0.3) is 22.0 Å². The zero-order valence-electron chi connectivity index (χ0n) is 21.1. The second-order valence-corrected chi connectivity index (χ2v) is 12.4. The van der Waals surface area contributed by atoms with Crippen LogP contribution in [0.4, 0.5) is 30.7 Å². The lowest BCUT2D eigenvalue weighted by Crippen LogP contribution is -2.38. The minimum Gasteiger partial charge on any atom is -0.347 e. The van der Waals surface area contributed by atoms with Gasteiger partial charge in [0.15, 0.2) is 0 Å². The molecule has 0 amide bonds. The van der Waals surface area contributed by atoms with Gasteiger partial charge in [-0.1, -0.05) is 33.3 Å². The van der Waals surface area contributed by atoms with Gasteiger partial charge in [0.2, 0.25) is 17.0 Å². The van der Waals surface area contributed by atoms with Gasteiger partial charge >= 0.3 is 6.18 Å². The average Bonchev–Trinajstić information content (AvgIpc) is 3.05. The zero-order valence-corrected chi connectivity index (χ0v) is 21.9. The Hall–Kier alpha value is -2.60. The van der Waals surface area contributed by atoms with Gasteiger partial charge in [0.1, 0.15) is 11.6 Å². The summed E-state index contributed by atoms with van der Waals surface area (Å²) in [5.41, 5.74) is -1.28. The molecule has 0 bridgehead atoms. The van der Waals surface area contributed by atoms with Gasteiger partial charge in [-0.15, -0.1) is 0 Å². The fraction of sp³-hybridized carbons (Fsp3) is 0.462. The normalized spacial score (nSPS) is 14.8. The Labute approximate surface area is 216 Å². The third-order valence-electron chi connectivity index (χ3n) is 6.23. The van der Waals surface area contributed by atoms with E-state index in [0.29, 0.717) is 41.9 Å². The number of sulfonamides is 1. The summed E-state index contributed by atoms with van der Waals surface area (Å²) in [5.74, 6) is -1.98. The highest BCUT2D eigenvalue weighted by Crippen LogP contribution is 2.40. The van der Waals surface area contributed by atoms with E-state index in [2.05, 4.69) is 4.72 Å². The second-order valence-electron chi connectivity index (χ2n) is 10.4. The Bertz CT molecular complexity index is 1390. The number of halogens is 7. The summed E-state index contributed by atoms with van der Waals surface area (Å²) in [4.78, 5) is 0. The van der Waals surface area contributed by atoms with E-state index in [1.807, 2.05) is 20.8 Å². The van der Waals surface area contributed by atoms with Crippen LogP contribution in [0, 0.1) is 17.0 Å². The third-order valence-corrected chi connectivity index (χ3v) is 8.12. The van der Waals surface area contributed by atoms with Crippen LogP contribution in [-0.4, -0.2) is 25.2 Å². The first-order valence-corrected chi connectivity index (χ1v) is 13.4. The standard InChI is InChI=1S/C25H27F5N2O2S.CH2F2/c1-24(2,3)14-32-13-15(12-31-35(33,34)17-5-4-6-17)19-10-22(27)20(11-23(19)32)18-8-7-16(26)9-21(18)25(28,29)30;2-1-3/h7-11,13,17,31H,4-6,12,14H2,1-3H3;1H2. The number of benzene rings is 2. The lowest BCUT2D eigenvalue weighted by Gasteiger charge is -2.25. The first kappa shape index (κ1) is 29.9. The summed E-state index contributed by atoms with van der Waals surface area (Å²) < 4.78 is 118. The first-order valence-electron chi connectivity index (χ1n) is 11.9. The molecule has 1 heterocycles. The maximum absolute atomic E-state index is 15.3. The van der Waals surface area contributed by atoms with Crippen LogP contribution < -0.4 is 4.72 Å². The molecule has 0 atom stereocenters. The Morgan fingerprint density at radius 1 is 1.00 bits per heavy atom. The van der Waals surface area contributed by atoms with Crippen molar-refractivity contribution in [3.8, 4) is 11.1 Å². The molecular formula is C26H29F7N2O2S. The Balaban J connectivity index is 0.00000127. The molecule has 0 spiro atoms. The topological polar surface area (TPSA) is 51.1 Å². The molecule has 1 saturated carbocycles. The monoisotopic (exact) mass is 566 g/mol. The molecule has 1 aliphatic rings. The van der Waals surface area contributed by atoms with Gasteiger partial charge < -0.3 is 4.57 Å². The number of hydrogen-bond acceptors (Lipinski definition) is 2. The number of hydrogen-bond donors (Lipinski definition) is 1. The van der Waals surface area contributed by atoms with Gasteiger partial charge in [-0.05, 0) is 53.6 Å². The van der Waals surface area contributed by atoms with Crippen molar-refractivity contribution in [3.63, 3.8) is 0 Å². The molecule has 2 aromatic carbocycles. The summed E-state index contributed by atoms with van der Waals surface area (Å²) in [5, 5.41) is -0.0319. The fourth-order valence-corrected chi connectivity index (χ4v) is 5.88. The van der Waals surface area contributed by atoms with Crippen molar-refractivity contribution in [2.45, 2.75) is 64.5 Å². The molecule has 0 aliphatic heterocycles. The van der Waals surface area contributed by atoms with E-state index >= 15 is 4.39 Å². The van der Waals surface area contributed by atoms with Crippen molar-refractivity contribution in [3.05, 3.63) is 59.3 Å². The van der Waals surface area contributed by atoms with Gasteiger partial charge in [0.05, 0.1) is 10.8 Å². The number of nitrogens with one attached hydrogen (secondary N) is 1. The van der Waals surface area contributed by atoms with Crippen molar-refractivity contribution in [1.29, 1.82) is 0 Å². The molecule has 1 N–H and O–H groups in total. The summed E-state index contributed by atoms with van der Waals surface area (Å²) in [6, 6.07) is 4.59. The van der Waals surface area contributed by atoms with Crippen LogP contribution in [0.15, 0.2) is 36.5 Å². The van der Waals surface area contributed by atoms with Crippen LogP contribution in [0.2, 0.25) is 0 Å². The van der Waals surface area contributed by atoms with Crippen LogP contribution in [0.5, 0.6) is 0 Å². The molecule has 4 nitrogen and oxygen atoms in total. The molecule has 0 unspecified atom stereocenters. The van der Waals surface area contributed by atoms with Crippen molar-refractivity contribution < 1.29 is 39.2 Å². The van der Waals surface area contributed by atoms with Crippen molar-refractivity contribution in [2.24, 2.45) is 5.41 Å². The number of alkyl halides is 5. The molecular weight excluding hydrogens is 537 g/mol. The number of rotatable bonds is 6. The molecule has 0 saturated heterocycles. The summed E-state index contributed by atoms with van der Waals surface area (Å²) in [6.45, 7) is 4.58. The van der Waals surface area contributed by atoms with E-state index in [1.165, 1.54) is 6.07 Å². The second kappa shape index (κ2) is 11.3. The Morgan fingerprint density at radius 2 is 1.63 bits per heavy atom. The number of nitrogens with zero attached hydrogens (tertiary/aromatic N) is 1. The van der Waals surface area contributed by atoms with Crippen molar-refractivity contribution >= 4 is 20.9 Å². The molecule has 210 valence electrons. The number of aromatic nitrogens is 1. The molecule has 4 rings (SSSR count). The highest BCUT2D eigenvalue weighted by molar-refractivity contribution is 7.90. The predicted octanol–water partition coefficient (Wildman–Crippen LogP) is 7.51. The highest BCUT2D eigenvalue weighted by Gasteiger charge is 2.35. The minimum absolute atomic E-state index is 0.0599. The van der Waals surface area contributed by atoms with E-state index in [1.54, 1.807) is 10.8 Å². The van der Waals surface area contributed by atoms with E-state index in [-0.39, 0.29) is 17.5 Å². The smallest absolute Gasteiger partial charge is 0.347 e. The van der Waals surface area contributed by atoms with E-state index in [9.17, 15) is 34.8 Å². The minimum atomic E-state index is -4.88. The number of fused-ring (bicyclic) bond motifs is 1. The largest absolute Gasteiger partial charge is 0.417 e. The van der Waals surface area contributed by atoms with Crippen LogP contribution >= 0.6 is 0 Å². The Kier molecular flexibility index (Phi) is 8.87. The lowest BCUT2D eigenvalue weighted by molar-refractivity contribution is -0.137. The summed E-state index contributed by atoms with van der Waals surface area (Å²) in [7, 11) is -3.52. The summed E-state index contributed by atoms with van der Waals surface area (Å²) >= 11 is 0. The van der Waals surface area contributed by atoms with Crippen LogP contribution in [0.1, 0.15) is 51.2 Å². The zero-order chi connectivity index (χ0) is 28.5. The van der Waals surface area contributed by atoms with Crippen LogP contribution in [0.3, 0.4) is 0 Å². The molecule has 3 aromatic rings.